The van der Waals surface area contributed by atoms with Crippen LogP contribution in [0.4, 0.5) is 20.2 Å². The van der Waals surface area contributed by atoms with Gasteiger partial charge in [-0.15, -0.1) is 0 Å². The van der Waals surface area contributed by atoms with Crippen LogP contribution in [-0.2, 0) is 4.79 Å². The molecule has 0 aliphatic carbocycles. The minimum atomic E-state index is -2.98. The summed E-state index contributed by atoms with van der Waals surface area (Å²) in [6, 6.07) is 11.3. The van der Waals surface area contributed by atoms with Crippen molar-refractivity contribution in [2.45, 2.75) is 13.5 Å². The maximum atomic E-state index is 12.8. The average molecular weight is 435 g/mol. The van der Waals surface area contributed by atoms with Crippen molar-refractivity contribution < 1.29 is 23.1 Å². The largest absolute Gasteiger partial charge is 0.433 e. The highest BCUT2D eigenvalue weighted by atomic mass is 32.2. The molecule has 1 heterocycles. The van der Waals surface area contributed by atoms with Gasteiger partial charge in [0.2, 0.25) is 5.91 Å². The molecule has 1 aliphatic heterocycles. The molecular weight excluding hydrogens is 412 g/mol. The number of para-hydroxylation sites is 2. The van der Waals surface area contributed by atoms with Gasteiger partial charge >= 0.3 is 6.61 Å². The van der Waals surface area contributed by atoms with Crippen LogP contribution < -0.4 is 15.4 Å². The fourth-order valence-corrected chi connectivity index (χ4v) is 4.04. The fraction of sp³-hybridized carbons (Fsp3) is 0.333. The van der Waals surface area contributed by atoms with Crippen molar-refractivity contribution in [1.82, 2.24) is 4.90 Å². The van der Waals surface area contributed by atoms with Gasteiger partial charge in [0.15, 0.2) is 0 Å². The molecular formula is C21H23F2N3O3S. The number of rotatable bonds is 7. The van der Waals surface area contributed by atoms with Crippen molar-refractivity contribution in [2.75, 3.05) is 41.8 Å². The number of halogens is 2. The summed E-state index contributed by atoms with van der Waals surface area (Å²) >= 11 is 1.83. The Hall–Kier alpha value is -2.81. The molecule has 0 unspecified atom stereocenters. The van der Waals surface area contributed by atoms with Gasteiger partial charge in [-0.3, -0.25) is 9.59 Å². The highest BCUT2D eigenvalue weighted by Gasteiger charge is 2.21. The zero-order valence-corrected chi connectivity index (χ0v) is 17.3. The molecule has 3 rings (SSSR count). The van der Waals surface area contributed by atoms with Gasteiger partial charge < -0.3 is 20.3 Å². The van der Waals surface area contributed by atoms with Crippen LogP contribution in [0.5, 0.6) is 5.75 Å². The number of carbonyl (C=O) groups excluding carboxylic acids is 2. The first-order chi connectivity index (χ1) is 14.5. The second-order valence-electron chi connectivity index (χ2n) is 6.66. The fourth-order valence-electron chi connectivity index (χ4n) is 3.13. The normalized spacial score (nSPS) is 13.8. The lowest BCUT2D eigenvalue weighted by molar-refractivity contribution is -0.114. The second-order valence-corrected chi connectivity index (χ2v) is 7.88. The van der Waals surface area contributed by atoms with Gasteiger partial charge in [-0.25, -0.2) is 0 Å². The molecule has 1 aliphatic rings. The first-order valence-electron chi connectivity index (χ1n) is 9.50. The smallest absolute Gasteiger partial charge is 0.387 e. The second kappa shape index (κ2) is 10.3. The average Bonchev–Trinajstić information content (AvgIpc) is 2.74. The molecule has 6 nitrogen and oxygen atoms in total. The van der Waals surface area contributed by atoms with Crippen molar-refractivity contribution in [1.29, 1.82) is 0 Å². The van der Waals surface area contributed by atoms with Gasteiger partial charge in [0.25, 0.3) is 5.91 Å². The van der Waals surface area contributed by atoms with Crippen LogP contribution in [0, 0.1) is 6.92 Å². The number of anilines is 2. The number of hydrogen-bond acceptors (Lipinski definition) is 5. The molecule has 1 saturated heterocycles. The summed E-state index contributed by atoms with van der Waals surface area (Å²) in [4.78, 5) is 27.0. The number of amides is 2. The van der Waals surface area contributed by atoms with Crippen LogP contribution in [0.15, 0.2) is 42.5 Å². The molecule has 2 aromatic carbocycles. The van der Waals surface area contributed by atoms with E-state index in [0.29, 0.717) is 11.3 Å². The van der Waals surface area contributed by atoms with Crippen LogP contribution >= 0.6 is 11.8 Å². The Morgan fingerprint density at radius 1 is 1.10 bits per heavy atom. The quantitative estimate of drug-likeness (QED) is 0.692. The van der Waals surface area contributed by atoms with Gasteiger partial charge in [-0.2, -0.15) is 20.5 Å². The number of thioether (sulfide) groups is 1. The van der Waals surface area contributed by atoms with Gasteiger partial charge in [0.1, 0.15) is 5.75 Å². The maximum absolute atomic E-state index is 12.8. The van der Waals surface area contributed by atoms with Gasteiger partial charge in [0.05, 0.1) is 12.2 Å². The summed E-state index contributed by atoms with van der Waals surface area (Å²) in [6.07, 6.45) is 0. The van der Waals surface area contributed by atoms with E-state index in [1.54, 1.807) is 30.3 Å². The third kappa shape index (κ3) is 5.63. The molecule has 0 saturated carbocycles. The summed E-state index contributed by atoms with van der Waals surface area (Å²) in [5.74, 6) is 1.31. The van der Waals surface area contributed by atoms with E-state index in [4.69, 9.17) is 0 Å². The third-order valence-corrected chi connectivity index (χ3v) is 5.62. The van der Waals surface area contributed by atoms with E-state index in [9.17, 15) is 18.4 Å². The van der Waals surface area contributed by atoms with Crippen LogP contribution in [0.1, 0.15) is 15.9 Å². The van der Waals surface area contributed by atoms with Crippen molar-refractivity contribution in [3.63, 3.8) is 0 Å². The summed E-state index contributed by atoms with van der Waals surface area (Å²) in [5, 5.41) is 5.57. The van der Waals surface area contributed by atoms with E-state index >= 15 is 0 Å². The van der Waals surface area contributed by atoms with Crippen molar-refractivity contribution in [2.24, 2.45) is 0 Å². The van der Waals surface area contributed by atoms with Crippen LogP contribution in [-0.4, -0.2) is 54.5 Å². The monoisotopic (exact) mass is 435 g/mol. The SMILES string of the molecule is Cc1c(NCC(=O)Nc2ccccc2OC(F)F)cccc1C(=O)N1CCSCC1. The molecule has 0 aromatic heterocycles. The van der Waals surface area contributed by atoms with E-state index in [1.807, 2.05) is 23.6 Å². The number of ether oxygens (including phenoxy) is 1. The lowest BCUT2D eigenvalue weighted by atomic mass is 10.1. The molecule has 0 bridgehead atoms. The summed E-state index contributed by atoms with van der Waals surface area (Å²) in [6.45, 7) is 0.203. The molecule has 1 fully saturated rings. The Bertz CT molecular complexity index is 905. The van der Waals surface area contributed by atoms with Crippen molar-refractivity contribution >= 4 is 35.0 Å². The number of hydrogen-bond donors (Lipinski definition) is 2. The van der Waals surface area contributed by atoms with Gasteiger partial charge in [-0.05, 0) is 36.8 Å². The predicted molar refractivity (Wildman–Crippen MR) is 115 cm³/mol. The number of benzene rings is 2. The number of nitrogens with one attached hydrogen (secondary N) is 2. The van der Waals surface area contributed by atoms with E-state index < -0.39 is 12.5 Å². The Morgan fingerprint density at radius 2 is 1.80 bits per heavy atom. The lowest BCUT2D eigenvalue weighted by Gasteiger charge is -2.27. The third-order valence-electron chi connectivity index (χ3n) is 4.68. The zero-order valence-electron chi connectivity index (χ0n) is 16.5. The maximum Gasteiger partial charge on any atom is 0.387 e. The van der Waals surface area contributed by atoms with Crippen LogP contribution in [0.25, 0.3) is 0 Å². The Morgan fingerprint density at radius 3 is 2.53 bits per heavy atom. The van der Waals surface area contributed by atoms with Crippen LogP contribution in [0.3, 0.4) is 0 Å². The van der Waals surface area contributed by atoms with E-state index in [2.05, 4.69) is 15.4 Å². The standard InChI is InChI=1S/C21H23F2N3O3S/c1-14-15(20(28)26-9-11-30-12-10-26)5-4-7-16(14)24-13-19(27)25-17-6-2-3-8-18(17)29-21(22)23/h2-8,21,24H,9-13H2,1H3,(H,25,27). The Kier molecular flexibility index (Phi) is 7.51. The number of alkyl halides is 2. The highest BCUT2D eigenvalue weighted by molar-refractivity contribution is 7.99. The summed E-state index contributed by atoms with van der Waals surface area (Å²) in [7, 11) is 0. The zero-order chi connectivity index (χ0) is 21.5. The predicted octanol–water partition coefficient (Wildman–Crippen LogP) is 3.84. The topological polar surface area (TPSA) is 70.7 Å². The molecule has 0 atom stereocenters. The molecule has 30 heavy (non-hydrogen) atoms. The van der Waals surface area contributed by atoms with Crippen LogP contribution in [0.2, 0.25) is 0 Å². The van der Waals surface area contributed by atoms with Crippen molar-refractivity contribution in [3.05, 3.63) is 53.6 Å². The van der Waals surface area contributed by atoms with E-state index in [0.717, 1.165) is 30.2 Å². The molecule has 0 spiro atoms. The molecule has 9 heteroatoms. The van der Waals surface area contributed by atoms with Gasteiger partial charge in [0, 0.05) is 35.8 Å². The van der Waals surface area contributed by atoms with Crippen molar-refractivity contribution in [3.8, 4) is 5.75 Å². The molecule has 2 N–H and O–H groups in total. The molecule has 2 aromatic rings. The number of nitrogens with zero attached hydrogens (tertiary/aromatic N) is 1. The molecule has 2 amide bonds. The molecule has 160 valence electrons. The first kappa shape index (κ1) is 21.9. The Labute approximate surface area is 178 Å². The van der Waals surface area contributed by atoms with Gasteiger partial charge in [-0.1, -0.05) is 18.2 Å². The minimum absolute atomic E-state index is 0.0148. The number of carbonyl (C=O) groups is 2. The summed E-state index contributed by atoms with van der Waals surface area (Å²) in [5.41, 5.74) is 2.19. The molecule has 0 radical (unpaired) electrons. The first-order valence-corrected chi connectivity index (χ1v) is 10.7. The highest BCUT2D eigenvalue weighted by Crippen LogP contribution is 2.26. The summed E-state index contributed by atoms with van der Waals surface area (Å²) < 4.78 is 29.4. The Balaban J connectivity index is 1.63. The minimum Gasteiger partial charge on any atom is -0.433 e. The van der Waals surface area contributed by atoms with E-state index in [-0.39, 0.29) is 23.9 Å². The lowest BCUT2D eigenvalue weighted by Crippen LogP contribution is -2.38. The van der Waals surface area contributed by atoms with E-state index in [1.165, 1.54) is 12.1 Å².